The minimum absolute atomic E-state index is 0.345. The summed E-state index contributed by atoms with van der Waals surface area (Å²) in [5.74, 6) is 0.926. The molecule has 2 unspecified atom stereocenters. The summed E-state index contributed by atoms with van der Waals surface area (Å²) in [5.41, 5.74) is 6.72. The molecule has 0 bridgehead atoms. The molecule has 0 amide bonds. The Labute approximate surface area is 128 Å². The van der Waals surface area contributed by atoms with Gasteiger partial charge in [0.1, 0.15) is 5.75 Å². The molecule has 2 atom stereocenters. The van der Waals surface area contributed by atoms with Crippen LogP contribution in [0.4, 0.5) is 0 Å². The molecule has 0 spiro atoms. The van der Waals surface area contributed by atoms with Gasteiger partial charge < -0.3 is 15.2 Å². The summed E-state index contributed by atoms with van der Waals surface area (Å²) in [6.07, 6.45) is 2.54. The molecule has 21 heavy (non-hydrogen) atoms. The molecular weight excluding hydrogens is 264 g/mol. The molecule has 0 saturated carbocycles. The third-order valence-electron chi connectivity index (χ3n) is 4.07. The van der Waals surface area contributed by atoms with E-state index in [0.29, 0.717) is 18.7 Å². The van der Waals surface area contributed by atoms with Crippen LogP contribution < -0.4 is 10.5 Å². The summed E-state index contributed by atoms with van der Waals surface area (Å²) < 4.78 is 11.5. The zero-order valence-corrected chi connectivity index (χ0v) is 13.3. The van der Waals surface area contributed by atoms with Crippen LogP contribution in [0.15, 0.2) is 24.3 Å². The van der Waals surface area contributed by atoms with E-state index in [1.54, 1.807) is 0 Å². The molecule has 1 aliphatic heterocycles. The van der Waals surface area contributed by atoms with Gasteiger partial charge in [-0.25, -0.2) is 0 Å². The van der Waals surface area contributed by atoms with Crippen LogP contribution in [0.1, 0.15) is 32.3 Å². The lowest BCUT2D eigenvalue weighted by atomic mass is 10.1. The van der Waals surface area contributed by atoms with Gasteiger partial charge in [0.25, 0.3) is 0 Å². The first kappa shape index (κ1) is 16.3. The normalized spacial score (nSPS) is 23.2. The van der Waals surface area contributed by atoms with E-state index in [1.165, 1.54) is 0 Å². The van der Waals surface area contributed by atoms with Crippen molar-refractivity contribution in [2.75, 3.05) is 26.3 Å². The van der Waals surface area contributed by atoms with Crippen molar-refractivity contribution >= 4 is 0 Å². The SMILES string of the molecule is CCC1COC(C)CN1CCCOc1ccc(CN)cc1. The second kappa shape index (κ2) is 8.37. The monoisotopic (exact) mass is 292 g/mol. The average Bonchev–Trinajstić information content (AvgIpc) is 2.52. The predicted octanol–water partition coefficient (Wildman–Crippen LogP) is 2.41. The van der Waals surface area contributed by atoms with Crippen LogP contribution in [0.2, 0.25) is 0 Å². The van der Waals surface area contributed by atoms with Crippen LogP contribution in [0.5, 0.6) is 5.75 Å². The topological polar surface area (TPSA) is 47.7 Å². The highest BCUT2D eigenvalue weighted by Crippen LogP contribution is 2.15. The Bertz CT molecular complexity index is 408. The van der Waals surface area contributed by atoms with E-state index in [0.717, 1.165) is 50.5 Å². The van der Waals surface area contributed by atoms with Gasteiger partial charge in [-0.2, -0.15) is 0 Å². The molecule has 0 radical (unpaired) electrons. The van der Waals surface area contributed by atoms with Gasteiger partial charge in [0.2, 0.25) is 0 Å². The van der Waals surface area contributed by atoms with Gasteiger partial charge in [-0.05, 0) is 37.5 Å². The Hall–Kier alpha value is -1.10. The van der Waals surface area contributed by atoms with E-state index in [2.05, 4.69) is 18.7 Å². The van der Waals surface area contributed by atoms with Crippen molar-refractivity contribution in [2.45, 2.75) is 45.4 Å². The summed E-state index contributed by atoms with van der Waals surface area (Å²) in [6.45, 7) is 8.68. The van der Waals surface area contributed by atoms with Crippen molar-refractivity contribution in [3.8, 4) is 5.75 Å². The second-order valence-electron chi connectivity index (χ2n) is 5.75. The van der Waals surface area contributed by atoms with E-state index in [-0.39, 0.29) is 0 Å². The van der Waals surface area contributed by atoms with E-state index >= 15 is 0 Å². The third kappa shape index (κ3) is 4.99. The number of hydrogen-bond donors (Lipinski definition) is 1. The fourth-order valence-corrected chi connectivity index (χ4v) is 2.74. The quantitative estimate of drug-likeness (QED) is 0.784. The minimum Gasteiger partial charge on any atom is -0.494 e. The highest BCUT2D eigenvalue weighted by molar-refractivity contribution is 5.26. The second-order valence-corrected chi connectivity index (χ2v) is 5.75. The molecule has 1 saturated heterocycles. The number of morpholine rings is 1. The Morgan fingerprint density at radius 2 is 2.10 bits per heavy atom. The van der Waals surface area contributed by atoms with Crippen LogP contribution in [0, 0.1) is 0 Å². The molecule has 2 rings (SSSR count). The molecule has 1 aromatic rings. The van der Waals surface area contributed by atoms with Crippen LogP contribution in [-0.2, 0) is 11.3 Å². The molecule has 2 N–H and O–H groups in total. The van der Waals surface area contributed by atoms with Crippen molar-refractivity contribution in [3.05, 3.63) is 29.8 Å². The van der Waals surface area contributed by atoms with Crippen LogP contribution in [-0.4, -0.2) is 43.3 Å². The zero-order valence-electron chi connectivity index (χ0n) is 13.3. The van der Waals surface area contributed by atoms with Crippen LogP contribution in [0.25, 0.3) is 0 Å². The van der Waals surface area contributed by atoms with E-state index in [4.69, 9.17) is 15.2 Å². The molecule has 0 aromatic heterocycles. The molecule has 4 nitrogen and oxygen atoms in total. The lowest BCUT2D eigenvalue weighted by Gasteiger charge is -2.38. The zero-order chi connectivity index (χ0) is 15.1. The lowest BCUT2D eigenvalue weighted by molar-refractivity contribution is -0.0567. The largest absolute Gasteiger partial charge is 0.494 e. The van der Waals surface area contributed by atoms with Gasteiger partial charge in [0.05, 0.1) is 19.3 Å². The van der Waals surface area contributed by atoms with Gasteiger partial charge in [0.15, 0.2) is 0 Å². The average molecular weight is 292 g/mol. The molecule has 4 heteroatoms. The standard InChI is InChI=1S/C17H28N2O2/c1-3-16-13-21-14(2)12-19(16)9-4-10-20-17-7-5-15(11-18)6-8-17/h5-8,14,16H,3-4,9-13,18H2,1-2H3. The van der Waals surface area contributed by atoms with Gasteiger partial charge in [-0.1, -0.05) is 19.1 Å². The summed E-state index contributed by atoms with van der Waals surface area (Å²) in [4.78, 5) is 2.54. The number of rotatable bonds is 7. The first-order valence-corrected chi connectivity index (χ1v) is 8.00. The van der Waals surface area contributed by atoms with Crippen molar-refractivity contribution in [2.24, 2.45) is 5.73 Å². The smallest absolute Gasteiger partial charge is 0.119 e. The van der Waals surface area contributed by atoms with E-state index < -0.39 is 0 Å². The number of ether oxygens (including phenoxy) is 2. The molecular formula is C17H28N2O2. The fraction of sp³-hybridized carbons (Fsp3) is 0.647. The number of nitrogens with zero attached hydrogens (tertiary/aromatic N) is 1. The summed E-state index contributed by atoms with van der Waals surface area (Å²) >= 11 is 0. The van der Waals surface area contributed by atoms with Crippen molar-refractivity contribution < 1.29 is 9.47 Å². The Kier molecular flexibility index (Phi) is 6.49. The maximum atomic E-state index is 5.79. The van der Waals surface area contributed by atoms with Gasteiger partial charge in [-0.15, -0.1) is 0 Å². The number of nitrogens with two attached hydrogens (primary N) is 1. The lowest BCUT2D eigenvalue weighted by Crippen LogP contribution is -2.48. The summed E-state index contributed by atoms with van der Waals surface area (Å²) in [6, 6.07) is 8.59. The summed E-state index contributed by atoms with van der Waals surface area (Å²) in [7, 11) is 0. The van der Waals surface area contributed by atoms with Crippen molar-refractivity contribution in [1.82, 2.24) is 4.90 Å². The summed E-state index contributed by atoms with van der Waals surface area (Å²) in [5, 5.41) is 0. The molecule has 1 fully saturated rings. The molecule has 118 valence electrons. The fourth-order valence-electron chi connectivity index (χ4n) is 2.74. The Balaban J connectivity index is 1.70. The Morgan fingerprint density at radius 1 is 1.33 bits per heavy atom. The third-order valence-corrected chi connectivity index (χ3v) is 4.07. The molecule has 1 aliphatic rings. The maximum Gasteiger partial charge on any atom is 0.119 e. The number of hydrogen-bond acceptors (Lipinski definition) is 4. The van der Waals surface area contributed by atoms with Gasteiger partial charge >= 0.3 is 0 Å². The first-order chi connectivity index (χ1) is 10.2. The van der Waals surface area contributed by atoms with E-state index in [9.17, 15) is 0 Å². The van der Waals surface area contributed by atoms with Crippen molar-refractivity contribution in [3.63, 3.8) is 0 Å². The molecule has 0 aliphatic carbocycles. The van der Waals surface area contributed by atoms with Gasteiger partial charge in [0, 0.05) is 25.7 Å². The minimum atomic E-state index is 0.345. The van der Waals surface area contributed by atoms with Gasteiger partial charge in [-0.3, -0.25) is 4.90 Å². The van der Waals surface area contributed by atoms with Crippen molar-refractivity contribution in [1.29, 1.82) is 0 Å². The van der Waals surface area contributed by atoms with E-state index in [1.807, 2.05) is 24.3 Å². The highest BCUT2D eigenvalue weighted by atomic mass is 16.5. The highest BCUT2D eigenvalue weighted by Gasteiger charge is 2.24. The van der Waals surface area contributed by atoms with Crippen LogP contribution in [0.3, 0.4) is 0 Å². The number of benzene rings is 1. The molecule has 1 heterocycles. The van der Waals surface area contributed by atoms with Crippen LogP contribution >= 0.6 is 0 Å². The Morgan fingerprint density at radius 3 is 2.76 bits per heavy atom. The predicted molar refractivity (Wildman–Crippen MR) is 85.5 cm³/mol. The maximum absolute atomic E-state index is 5.79. The molecule has 1 aromatic carbocycles. The first-order valence-electron chi connectivity index (χ1n) is 8.00.